The van der Waals surface area contributed by atoms with Crippen LogP contribution in [0.3, 0.4) is 0 Å². The first kappa shape index (κ1) is 4.13. The second-order valence-electron chi connectivity index (χ2n) is 2.61. The van der Waals surface area contributed by atoms with Gasteiger partial charge in [0.2, 0.25) is 0 Å². The summed E-state index contributed by atoms with van der Waals surface area (Å²) in [6.45, 7) is 4.28. The van der Waals surface area contributed by atoms with Crippen LogP contribution in [0.15, 0.2) is 0 Å². The third-order valence-electron chi connectivity index (χ3n) is 1.71. The molecule has 0 aromatic heterocycles. The zero-order valence-electron chi connectivity index (χ0n) is 4.36. The average molecular weight is 85.2 g/mol. The Bertz CT molecular complexity index is 66.3. The molecule has 1 fully saturated rings. The largest absolute Gasteiger partial charge is 0.325 e. The van der Waals surface area contributed by atoms with E-state index in [1.54, 1.807) is 0 Å². The Labute approximate surface area is 38.5 Å². The van der Waals surface area contributed by atoms with E-state index in [0.717, 1.165) is 5.92 Å². The Morgan fingerprint density at radius 2 is 2.00 bits per heavy atom. The molecule has 1 unspecified atom stereocenters. The molecule has 1 nitrogen and oxygen atoms in total. The Morgan fingerprint density at radius 3 is 2.00 bits per heavy atom. The number of hydrogen-bond acceptors (Lipinski definition) is 1. The normalized spacial score (nSPS) is 55.5. The Kier molecular flexibility index (Phi) is 0.539. The van der Waals surface area contributed by atoms with E-state index in [2.05, 4.69) is 13.8 Å². The molecule has 0 radical (unpaired) electrons. The summed E-state index contributed by atoms with van der Waals surface area (Å²) in [6.07, 6.45) is 1.22. The van der Waals surface area contributed by atoms with Crippen molar-refractivity contribution in [1.29, 1.82) is 0 Å². The van der Waals surface area contributed by atoms with Crippen molar-refractivity contribution in [2.24, 2.45) is 11.7 Å². The van der Waals surface area contributed by atoms with Crippen LogP contribution in [0.5, 0.6) is 0 Å². The van der Waals surface area contributed by atoms with Crippen LogP contribution in [0.25, 0.3) is 0 Å². The lowest BCUT2D eigenvalue weighted by Crippen LogP contribution is -2.18. The van der Waals surface area contributed by atoms with Crippen molar-refractivity contribution in [2.45, 2.75) is 25.8 Å². The molecule has 0 amide bonds. The van der Waals surface area contributed by atoms with Crippen LogP contribution in [0.1, 0.15) is 20.3 Å². The summed E-state index contributed by atoms with van der Waals surface area (Å²) in [4.78, 5) is 0. The maximum Gasteiger partial charge on any atom is 0.0155 e. The second-order valence-corrected chi connectivity index (χ2v) is 2.61. The highest BCUT2D eigenvalue weighted by molar-refractivity contribution is 5.00. The molecule has 1 rings (SSSR count). The molecule has 1 aliphatic carbocycles. The van der Waals surface area contributed by atoms with Crippen molar-refractivity contribution in [3.05, 3.63) is 0 Å². The summed E-state index contributed by atoms with van der Waals surface area (Å²) in [5.41, 5.74) is 5.82. The van der Waals surface area contributed by atoms with E-state index >= 15 is 0 Å². The monoisotopic (exact) mass is 85.1 g/mol. The van der Waals surface area contributed by atoms with Gasteiger partial charge in [-0.1, -0.05) is 6.92 Å². The average Bonchev–Trinajstić information content (AvgIpc) is 1.73. The van der Waals surface area contributed by atoms with Gasteiger partial charge in [-0.15, -0.1) is 0 Å². The highest BCUT2D eigenvalue weighted by Crippen LogP contribution is 2.39. The fourth-order valence-electron chi connectivity index (χ4n) is 0.601. The molecular weight excluding hydrogens is 74.1 g/mol. The summed E-state index contributed by atoms with van der Waals surface area (Å²) >= 11 is 0. The topological polar surface area (TPSA) is 26.0 Å². The van der Waals surface area contributed by atoms with E-state index in [1.807, 2.05) is 0 Å². The van der Waals surface area contributed by atoms with Crippen LogP contribution in [-0.4, -0.2) is 5.54 Å². The second kappa shape index (κ2) is 0.784. The smallest absolute Gasteiger partial charge is 0.0155 e. The predicted molar refractivity (Wildman–Crippen MR) is 26.4 cm³/mol. The molecule has 2 atom stereocenters. The van der Waals surface area contributed by atoms with Crippen LogP contribution >= 0.6 is 0 Å². The lowest BCUT2D eigenvalue weighted by Gasteiger charge is -1.93. The van der Waals surface area contributed by atoms with Gasteiger partial charge in [0.25, 0.3) is 0 Å². The summed E-state index contributed by atoms with van der Waals surface area (Å²) in [6, 6.07) is 0. The van der Waals surface area contributed by atoms with E-state index < -0.39 is 0 Å². The molecule has 1 heteroatoms. The molecule has 0 aromatic carbocycles. The Hall–Kier alpha value is -0.0400. The summed E-state index contributed by atoms with van der Waals surface area (Å²) in [5, 5.41) is 0. The first-order valence-electron chi connectivity index (χ1n) is 2.42. The van der Waals surface area contributed by atoms with Gasteiger partial charge in [-0.05, 0) is 19.3 Å². The maximum absolute atomic E-state index is 5.61. The quantitative estimate of drug-likeness (QED) is 0.461. The zero-order valence-corrected chi connectivity index (χ0v) is 4.36. The number of rotatable bonds is 0. The lowest BCUT2D eigenvalue weighted by molar-refractivity contribution is 0.686. The van der Waals surface area contributed by atoms with Crippen molar-refractivity contribution in [3.63, 3.8) is 0 Å². The fraction of sp³-hybridized carbons (Fsp3) is 1.00. The molecule has 0 saturated heterocycles. The molecule has 0 aliphatic heterocycles. The Balaban J connectivity index is 2.41. The maximum atomic E-state index is 5.61. The standard InChI is InChI=1S/C5H11N/c1-4-3-5(4,2)6/h4H,3,6H2,1-2H3/t4-,5?/m0/s1. The van der Waals surface area contributed by atoms with Crippen molar-refractivity contribution in [1.82, 2.24) is 0 Å². The predicted octanol–water partition coefficient (Wildman–Crippen LogP) is 0.744. The molecule has 0 heterocycles. The fourth-order valence-corrected chi connectivity index (χ4v) is 0.601. The van der Waals surface area contributed by atoms with Gasteiger partial charge in [-0.25, -0.2) is 0 Å². The van der Waals surface area contributed by atoms with Gasteiger partial charge in [0.05, 0.1) is 0 Å². The number of hydrogen-bond donors (Lipinski definition) is 1. The van der Waals surface area contributed by atoms with Gasteiger partial charge in [-0.3, -0.25) is 0 Å². The third kappa shape index (κ3) is 0.432. The molecule has 6 heavy (non-hydrogen) atoms. The van der Waals surface area contributed by atoms with E-state index in [0.29, 0.717) is 0 Å². The molecule has 2 N–H and O–H groups in total. The van der Waals surface area contributed by atoms with Crippen LogP contribution in [0.2, 0.25) is 0 Å². The van der Waals surface area contributed by atoms with Gasteiger partial charge >= 0.3 is 0 Å². The third-order valence-corrected chi connectivity index (χ3v) is 1.71. The van der Waals surface area contributed by atoms with Gasteiger partial charge in [0.15, 0.2) is 0 Å². The first-order valence-corrected chi connectivity index (χ1v) is 2.42. The van der Waals surface area contributed by atoms with Gasteiger partial charge in [0.1, 0.15) is 0 Å². The van der Waals surface area contributed by atoms with Crippen LogP contribution in [0, 0.1) is 5.92 Å². The summed E-state index contributed by atoms with van der Waals surface area (Å²) in [5.74, 6) is 0.775. The first-order chi connectivity index (χ1) is 2.63. The van der Waals surface area contributed by atoms with Crippen molar-refractivity contribution in [2.75, 3.05) is 0 Å². The minimum Gasteiger partial charge on any atom is -0.325 e. The van der Waals surface area contributed by atoms with E-state index in [-0.39, 0.29) is 5.54 Å². The van der Waals surface area contributed by atoms with Crippen LogP contribution < -0.4 is 5.73 Å². The van der Waals surface area contributed by atoms with Crippen LogP contribution in [-0.2, 0) is 0 Å². The zero-order chi connectivity index (χ0) is 4.78. The molecule has 0 bridgehead atoms. The van der Waals surface area contributed by atoms with Gasteiger partial charge in [-0.2, -0.15) is 0 Å². The highest BCUT2D eigenvalue weighted by Gasteiger charge is 2.42. The van der Waals surface area contributed by atoms with E-state index in [9.17, 15) is 0 Å². The summed E-state index contributed by atoms with van der Waals surface area (Å²) in [7, 11) is 0. The minimum absolute atomic E-state index is 0.208. The minimum atomic E-state index is 0.208. The molecule has 0 spiro atoms. The summed E-state index contributed by atoms with van der Waals surface area (Å²) < 4.78 is 0. The number of nitrogens with two attached hydrogens (primary N) is 1. The molecule has 1 saturated carbocycles. The van der Waals surface area contributed by atoms with Crippen molar-refractivity contribution in [3.8, 4) is 0 Å². The lowest BCUT2D eigenvalue weighted by atomic mass is 10.3. The van der Waals surface area contributed by atoms with Crippen LogP contribution in [0.4, 0.5) is 0 Å². The van der Waals surface area contributed by atoms with Crippen molar-refractivity contribution >= 4 is 0 Å². The van der Waals surface area contributed by atoms with E-state index in [4.69, 9.17) is 5.73 Å². The molecule has 0 aromatic rings. The van der Waals surface area contributed by atoms with Crippen molar-refractivity contribution < 1.29 is 0 Å². The highest BCUT2D eigenvalue weighted by atomic mass is 14.8. The SMILES string of the molecule is C[C@H]1CC1(C)N. The Morgan fingerprint density at radius 1 is 1.83 bits per heavy atom. The van der Waals surface area contributed by atoms with Gasteiger partial charge in [0, 0.05) is 5.54 Å². The van der Waals surface area contributed by atoms with Gasteiger partial charge < -0.3 is 5.73 Å². The molecular formula is C5H11N. The molecule has 1 aliphatic rings. The molecule has 36 valence electrons. The van der Waals surface area contributed by atoms with E-state index in [1.165, 1.54) is 6.42 Å².